The molecule has 4 rings (SSSR count). The predicted octanol–water partition coefficient (Wildman–Crippen LogP) is 2.91. The van der Waals surface area contributed by atoms with E-state index in [-0.39, 0.29) is 0 Å². The lowest BCUT2D eigenvalue weighted by molar-refractivity contribution is 0.337. The van der Waals surface area contributed by atoms with Gasteiger partial charge in [-0.3, -0.25) is 0 Å². The number of nitrogens with zero attached hydrogens (tertiary/aromatic N) is 2. The minimum atomic E-state index is 0.726. The van der Waals surface area contributed by atoms with Gasteiger partial charge in [0.25, 0.3) is 0 Å². The highest BCUT2D eigenvalue weighted by molar-refractivity contribution is 5.76. The zero-order valence-corrected chi connectivity index (χ0v) is 11.3. The third-order valence-corrected chi connectivity index (χ3v) is 4.47. The van der Waals surface area contributed by atoms with Crippen molar-refractivity contribution in [2.24, 2.45) is 5.92 Å². The molecular weight excluding hydrogens is 234 g/mol. The molecule has 0 spiro atoms. The maximum atomic E-state index is 4.88. The van der Waals surface area contributed by atoms with Crippen LogP contribution in [0, 0.1) is 5.92 Å². The van der Waals surface area contributed by atoms with Crippen molar-refractivity contribution in [1.29, 1.82) is 0 Å². The lowest BCUT2D eigenvalue weighted by Crippen LogP contribution is -2.32. The molecule has 1 aromatic carbocycles. The van der Waals surface area contributed by atoms with Crippen molar-refractivity contribution in [3.63, 3.8) is 0 Å². The predicted molar refractivity (Wildman–Crippen MR) is 77.3 cm³/mol. The molecule has 3 nitrogen and oxygen atoms in total. The van der Waals surface area contributed by atoms with Gasteiger partial charge in [-0.1, -0.05) is 12.1 Å². The van der Waals surface area contributed by atoms with Crippen LogP contribution in [0.3, 0.4) is 0 Å². The third kappa shape index (κ3) is 2.16. The molecule has 1 unspecified atom stereocenters. The van der Waals surface area contributed by atoms with Crippen LogP contribution in [0.4, 0.5) is 0 Å². The number of fused-ring (bicyclic) bond motifs is 1. The van der Waals surface area contributed by atoms with E-state index in [0.29, 0.717) is 0 Å². The number of hydrogen-bond acceptors (Lipinski definition) is 2. The Morgan fingerprint density at radius 3 is 2.89 bits per heavy atom. The number of hydrogen-bond donors (Lipinski definition) is 1. The Morgan fingerprint density at radius 2 is 2.11 bits per heavy atom. The van der Waals surface area contributed by atoms with Crippen LogP contribution in [0.5, 0.6) is 0 Å². The van der Waals surface area contributed by atoms with Crippen molar-refractivity contribution in [1.82, 2.24) is 14.9 Å². The first kappa shape index (κ1) is 11.5. The van der Waals surface area contributed by atoms with Crippen LogP contribution in [0.2, 0.25) is 0 Å². The largest absolute Gasteiger partial charge is 0.327 e. The second-order valence-corrected chi connectivity index (χ2v) is 6.06. The Kier molecular flexibility index (Phi) is 2.80. The fourth-order valence-electron chi connectivity index (χ4n) is 3.28. The number of rotatable bonds is 3. The smallest absolute Gasteiger partial charge is 0.113 e. The zero-order valence-electron chi connectivity index (χ0n) is 11.3. The molecule has 2 heterocycles. The van der Waals surface area contributed by atoms with Crippen molar-refractivity contribution in [2.45, 2.75) is 38.1 Å². The van der Waals surface area contributed by atoms with E-state index in [0.717, 1.165) is 24.9 Å². The summed E-state index contributed by atoms with van der Waals surface area (Å²) in [4.78, 5) is 4.88. The highest BCUT2D eigenvalue weighted by atomic mass is 15.1. The quantitative estimate of drug-likeness (QED) is 0.914. The molecule has 2 aliphatic rings. The molecule has 1 aliphatic carbocycles. The van der Waals surface area contributed by atoms with Gasteiger partial charge in [0.15, 0.2) is 0 Å². The molecule has 1 N–H and O–H groups in total. The maximum absolute atomic E-state index is 4.88. The van der Waals surface area contributed by atoms with E-state index in [9.17, 15) is 0 Å². The Morgan fingerprint density at radius 1 is 1.21 bits per heavy atom. The Bertz CT molecular complexity index is 577. The van der Waals surface area contributed by atoms with Gasteiger partial charge in [0.05, 0.1) is 11.0 Å². The van der Waals surface area contributed by atoms with Crippen molar-refractivity contribution in [3.8, 4) is 0 Å². The standard InChI is InChI=1S/C16H21N3/c1-2-6-15-14(5-1)18-16(13-7-8-13)19(15)11-12-4-3-9-17-10-12/h1-2,5-6,12-13,17H,3-4,7-11H2. The van der Waals surface area contributed by atoms with E-state index in [2.05, 4.69) is 34.1 Å². The lowest BCUT2D eigenvalue weighted by atomic mass is 9.99. The number of aromatic nitrogens is 2. The van der Waals surface area contributed by atoms with Crippen LogP contribution in [-0.4, -0.2) is 22.6 Å². The summed E-state index contributed by atoms with van der Waals surface area (Å²) in [6, 6.07) is 8.61. The summed E-state index contributed by atoms with van der Waals surface area (Å²) in [7, 11) is 0. The van der Waals surface area contributed by atoms with Gasteiger partial charge in [-0.05, 0) is 56.8 Å². The average molecular weight is 255 g/mol. The fraction of sp³-hybridized carbons (Fsp3) is 0.562. The van der Waals surface area contributed by atoms with Gasteiger partial charge < -0.3 is 9.88 Å². The minimum Gasteiger partial charge on any atom is -0.327 e. The maximum Gasteiger partial charge on any atom is 0.113 e. The van der Waals surface area contributed by atoms with Gasteiger partial charge in [0.2, 0.25) is 0 Å². The Hall–Kier alpha value is -1.35. The van der Waals surface area contributed by atoms with E-state index >= 15 is 0 Å². The molecule has 0 radical (unpaired) electrons. The molecule has 1 aromatic heterocycles. The summed E-state index contributed by atoms with van der Waals surface area (Å²) < 4.78 is 2.50. The van der Waals surface area contributed by atoms with Crippen LogP contribution in [-0.2, 0) is 6.54 Å². The average Bonchev–Trinajstić information content (AvgIpc) is 3.24. The fourth-order valence-corrected chi connectivity index (χ4v) is 3.28. The molecule has 2 fully saturated rings. The summed E-state index contributed by atoms with van der Waals surface area (Å²) in [6.45, 7) is 3.49. The van der Waals surface area contributed by atoms with Crippen LogP contribution >= 0.6 is 0 Å². The molecule has 2 aromatic rings. The first-order valence-electron chi connectivity index (χ1n) is 7.58. The van der Waals surface area contributed by atoms with E-state index in [1.165, 1.54) is 49.1 Å². The highest BCUT2D eigenvalue weighted by Gasteiger charge is 2.30. The zero-order chi connectivity index (χ0) is 12.7. The van der Waals surface area contributed by atoms with Crippen molar-refractivity contribution in [2.75, 3.05) is 13.1 Å². The number of imidazole rings is 1. The molecule has 0 amide bonds. The number of nitrogens with one attached hydrogen (secondary N) is 1. The monoisotopic (exact) mass is 255 g/mol. The molecule has 1 atom stereocenters. The SMILES string of the molecule is c1ccc2c(c1)nc(C1CC1)n2CC1CCCNC1. The van der Waals surface area contributed by atoms with Gasteiger partial charge >= 0.3 is 0 Å². The van der Waals surface area contributed by atoms with Gasteiger partial charge in [0, 0.05) is 12.5 Å². The minimum absolute atomic E-state index is 0.726. The molecule has 3 heteroatoms. The molecule has 1 saturated heterocycles. The van der Waals surface area contributed by atoms with Crippen molar-refractivity contribution in [3.05, 3.63) is 30.1 Å². The molecule has 0 bridgehead atoms. The van der Waals surface area contributed by atoms with Gasteiger partial charge in [-0.25, -0.2) is 4.98 Å². The van der Waals surface area contributed by atoms with Crippen LogP contribution in [0.15, 0.2) is 24.3 Å². The summed E-state index contributed by atoms with van der Waals surface area (Å²) >= 11 is 0. The first-order chi connectivity index (χ1) is 9.42. The van der Waals surface area contributed by atoms with Crippen molar-refractivity contribution >= 4 is 11.0 Å². The van der Waals surface area contributed by atoms with E-state index in [1.807, 2.05) is 0 Å². The Labute approximate surface area is 114 Å². The topological polar surface area (TPSA) is 29.9 Å². The highest BCUT2D eigenvalue weighted by Crippen LogP contribution is 2.41. The first-order valence-corrected chi connectivity index (χ1v) is 7.58. The van der Waals surface area contributed by atoms with Gasteiger partial charge in [-0.2, -0.15) is 0 Å². The summed E-state index contributed by atoms with van der Waals surface area (Å²) in [6.07, 6.45) is 5.32. The van der Waals surface area contributed by atoms with Crippen LogP contribution in [0.25, 0.3) is 11.0 Å². The van der Waals surface area contributed by atoms with Crippen LogP contribution in [0.1, 0.15) is 37.4 Å². The second kappa shape index (κ2) is 4.64. The van der Waals surface area contributed by atoms with Crippen LogP contribution < -0.4 is 5.32 Å². The van der Waals surface area contributed by atoms with Crippen molar-refractivity contribution < 1.29 is 0 Å². The number of piperidine rings is 1. The summed E-state index contributed by atoms with van der Waals surface area (Å²) in [5, 5.41) is 3.53. The normalized spacial score (nSPS) is 23.9. The molecule has 1 aliphatic heterocycles. The lowest BCUT2D eigenvalue weighted by Gasteiger charge is -2.24. The summed E-state index contributed by atoms with van der Waals surface area (Å²) in [5.41, 5.74) is 2.50. The molecule has 100 valence electrons. The molecule has 1 saturated carbocycles. The van der Waals surface area contributed by atoms with E-state index in [4.69, 9.17) is 4.98 Å². The summed E-state index contributed by atoms with van der Waals surface area (Å²) in [5.74, 6) is 2.83. The molecule has 19 heavy (non-hydrogen) atoms. The van der Waals surface area contributed by atoms with E-state index in [1.54, 1.807) is 0 Å². The van der Waals surface area contributed by atoms with Gasteiger partial charge in [0.1, 0.15) is 5.82 Å². The molecular formula is C16H21N3. The number of benzene rings is 1. The van der Waals surface area contributed by atoms with E-state index < -0.39 is 0 Å². The Balaban J connectivity index is 1.71. The number of para-hydroxylation sites is 2. The van der Waals surface area contributed by atoms with Gasteiger partial charge in [-0.15, -0.1) is 0 Å². The third-order valence-electron chi connectivity index (χ3n) is 4.47. The second-order valence-electron chi connectivity index (χ2n) is 6.06.